The zero-order valence-corrected chi connectivity index (χ0v) is 10.2. The van der Waals surface area contributed by atoms with Gasteiger partial charge in [0.25, 0.3) is 5.91 Å². The van der Waals surface area contributed by atoms with Gasteiger partial charge in [-0.25, -0.2) is 10.2 Å². The number of carbonyl (C=O) groups is 2. The summed E-state index contributed by atoms with van der Waals surface area (Å²) in [4.78, 5) is 23.5. The minimum Gasteiger partial charge on any atom is -0.351 e. The van der Waals surface area contributed by atoms with Crippen LogP contribution in [-0.4, -0.2) is 22.7 Å². The largest absolute Gasteiger partial charge is 0.351 e. The Labute approximate surface area is 108 Å². The minimum absolute atomic E-state index is 0.318. The molecule has 19 heavy (non-hydrogen) atoms. The lowest BCUT2D eigenvalue weighted by Gasteiger charge is -2.05. The Morgan fingerprint density at radius 1 is 1.53 bits per heavy atom. The molecule has 0 spiro atoms. The van der Waals surface area contributed by atoms with Crippen molar-refractivity contribution in [2.75, 3.05) is 0 Å². The highest BCUT2D eigenvalue weighted by atomic mass is 16.2. The van der Waals surface area contributed by atoms with Gasteiger partial charge >= 0.3 is 6.03 Å². The summed E-state index contributed by atoms with van der Waals surface area (Å²) >= 11 is 0. The molecular formula is C13H11N4O2. The number of primary amides is 1. The van der Waals surface area contributed by atoms with E-state index < -0.39 is 6.03 Å². The maximum Gasteiger partial charge on any atom is 0.323 e. The summed E-state index contributed by atoms with van der Waals surface area (Å²) in [6, 6.07) is 5.52. The third kappa shape index (κ3) is 1.46. The monoisotopic (exact) mass is 255 g/mol. The van der Waals surface area contributed by atoms with Gasteiger partial charge < -0.3 is 5.73 Å². The molecule has 95 valence electrons. The number of rotatable bonds is 1. The Kier molecular flexibility index (Phi) is 2.38. The predicted molar refractivity (Wildman–Crippen MR) is 70.2 cm³/mol. The van der Waals surface area contributed by atoms with E-state index in [-0.39, 0.29) is 5.91 Å². The fourth-order valence-corrected chi connectivity index (χ4v) is 2.49. The number of nitrogens with zero attached hydrogens (tertiary/aromatic N) is 2. The van der Waals surface area contributed by atoms with E-state index in [1.807, 2.05) is 6.92 Å². The van der Waals surface area contributed by atoms with Crippen molar-refractivity contribution in [2.45, 2.75) is 13.3 Å². The molecular weight excluding hydrogens is 244 g/mol. The van der Waals surface area contributed by atoms with Crippen molar-refractivity contribution in [3.63, 3.8) is 0 Å². The van der Waals surface area contributed by atoms with Crippen LogP contribution in [0, 0.1) is 6.07 Å². The summed E-state index contributed by atoms with van der Waals surface area (Å²) in [6.45, 7) is 1.92. The number of hydrogen-bond donors (Lipinski definition) is 2. The normalized spacial score (nSPS) is 13.4. The number of carbonyl (C=O) groups excluding carboxylic acids is 2. The number of hydrogen-bond acceptors (Lipinski definition) is 3. The maximum atomic E-state index is 11.9. The first kappa shape index (κ1) is 11.5. The van der Waals surface area contributed by atoms with E-state index in [1.54, 1.807) is 18.3 Å². The van der Waals surface area contributed by atoms with Crippen LogP contribution >= 0.6 is 0 Å². The average Bonchev–Trinajstić information content (AvgIpc) is 2.62. The van der Waals surface area contributed by atoms with Gasteiger partial charge in [0.1, 0.15) is 0 Å². The Bertz CT molecular complexity index is 743. The molecule has 6 heteroatoms. The van der Waals surface area contributed by atoms with Crippen molar-refractivity contribution in [3.8, 4) is 0 Å². The molecule has 0 atom stereocenters. The van der Waals surface area contributed by atoms with Gasteiger partial charge in [-0.05, 0) is 24.6 Å². The van der Waals surface area contributed by atoms with Crippen LogP contribution in [0.1, 0.15) is 28.5 Å². The first-order chi connectivity index (χ1) is 9.15. The molecule has 0 saturated carbocycles. The van der Waals surface area contributed by atoms with Gasteiger partial charge in [-0.2, -0.15) is 5.10 Å². The van der Waals surface area contributed by atoms with Gasteiger partial charge in [0.15, 0.2) is 0 Å². The Balaban J connectivity index is 2.55. The van der Waals surface area contributed by atoms with Gasteiger partial charge in [0.05, 0.1) is 17.3 Å². The molecule has 0 fully saturated rings. The molecule has 6 nitrogen and oxygen atoms in total. The highest BCUT2D eigenvalue weighted by Gasteiger charge is 2.24. The molecule has 3 N–H and O–H groups in total. The second-order valence-corrected chi connectivity index (χ2v) is 4.22. The highest BCUT2D eigenvalue weighted by Crippen LogP contribution is 2.29. The van der Waals surface area contributed by atoms with Gasteiger partial charge in [-0.15, -0.1) is 0 Å². The molecule has 0 bridgehead atoms. The zero-order valence-electron chi connectivity index (χ0n) is 10.2. The number of amides is 2. The minimum atomic E-state index is -0.576. The highest BCUT2D eigenvalue weighted by molar-refractivity contribution is 6.16. The smallest absolute Gasteiger partial charge is 0.323 e. The van der Waals surface area contributed by atoms with Crippen LogP contribution in [0.15, 0.2) is 17.2 Å². The summed E-state index contributed by atoms with van der Waals surface area (Å²) in [5.41, 5.74) is 10.4. The van der Waals surface area contributed by atoms with Crippen molar-refractivity contribution in [3.05, 3.63) is 35.0 Å². The molecule has 1 aromatic carbocycles. The summed E-state index contributed by atoms with van der Waals surface area (Å²) in [7, 11) is 0. The maximum absolute atomic E-state index is 11.9. The van der Waals surface area contributed by atoms with E-state index in [0.717, 1.165) is 11.3 Å². The molecule has 0 saturated heterocycles. The second-order valence-electron chi connectivity index (χ2n) is 4.22. The average molecular weight is 255 g/mol. The summed E-state index contributed by atoms with van der Waals surface area (Å²) in [5, 5.41) is 4.56. The molecule has 1 radical (unpaired) electrons. The van der Waals surface area contributed by atoms with E-state index in [1.165, 1.54) is 4.57 Å². The third-order valence-electron chi connectivity index (χ3n) is 3.22. The predicted octanol–water partition coefficient (Wildman–Crippen LogP) is 1.01. The third-order valence-corrected chi connectivity index (χ3v) is 3.22. The van der Waals surface area contributed by atoms with E-state index in [4.69, 9.17) is 5.73 Å². The van der Waals surface area contributed by atoms with Crippen molar-refractivity contribution in [1.29, 1.82) is 0 Å². The van der Waals surface area contributed by atoms with Crippen molar-refractivity contribution in [2.24, 2.45) is 10.8 Å². The van der Waals surface area contributed by atoms with Crippen LogP contribution in [0.4, 0.5) is 4.79 Å². The number of benzene rings is 1. The van der Waals surface area contributed by atoms with Crippen LogP contribution in [-0.2, 0) is 6.42 Å². The molecule has 2 aromatic rings. The Morgan fingerprint density at radius 3 is 3.00 bits per heavy atom. The molecule has 2 heterocycles. The second kappa shape index (κ2) is 3.94. The quantitative estimate of drug-likeness (QED) is 0.796. The van der Waals surface area contributed by atoms with Gasteiger partial charge in [0.2, 0.25) is 0 Å². The van der Waals surface area contributed by atoms with E-state index in [0.29, 0.717) is 22.9 Å². The van der Waals surface area contributed by atoms with Crippen molar-refractivity contribution in [1.82, 2.24) is 9.99 Å². The molecule has 3 rings (SSSR count). The number of aromatic nitrogens is 1. The molecule has 1 aromatic heterocycles. The van der Waals surface area contributed by atoms with Crippen LogP contribution in [0.5, 0.6) is 0 Å². The standard InChI is InChI=1S/C13H11N4O2/c1-2-9-8-6-15-16-12(18)7-4-3-5-10(11(7)8)17(9)13(14)19/h4-6H,2H2,1H3,(H2,14,19)(H,16,18). The SMILES string of the molecule is CCc1c2c3c(c[c]cc3n1C(N)=O)C(=O)NN=C2. The van der Waals surface area contributed by atoms with Crippen molar-refractivity contribution < 1.29 is 9.59 Å². The van der Waals surface area contributed by atoms with Gasteiger partial charge in [-0.1, -0.05) is 6.92 Å². The Morgan fingerprint density at radius 2 is 2.32 bits per heavy atom. The number of hydrazone groups is 1. The van der Waals surface area contributed by atoms with Crippen LogP contribution in [0.25, 0.3) is 10.9 Å². The fraction of sp³-hybridized carbons (Fsp3) is 0.154. The molecule has 2 amide bonds. The van der Waals surface area contributed by atoms with Crippen LogP contribution in [0.2, 0.25) is 0 Å². The first-order valence-corrected chi connectivity index (χ1v) is 5.85. The summed E-state index contributed by atoms with van der Waals surface area (Å²) in [5.74, 6) is -0.318. The summed E-state index contributed by atoms with van der Waals surface area (Å²) < 4.78 is 1.41. The Hall–Kier alpha value is -2.63. The molecule has 0 unspecified atom stereocenters. The zero-order chi connectivity index (χ0) is 13.6. The van der Waals surface area contributed by atoms with E-state index in [2.05, 4.69) is 16.6 Å². The van der Waals surface area contributed by atoms with Gasteiger partial charge in [0, 0.05) is 16.6 Å². The molecule has 0 aliphatic carbocycles. The first-order valence-electron chi connectivity index (χ1n) is 5.85. The lowest BCUT2D eigenvalue weighted by Crippen LogP contribution is -2.22. The molecule has 1 aliphatic rings. The number of nitrogens with two attached hydrogens (primary N) is 1. The van der Waals surface area contributed by atoms with E-state index >= 15 is 0 Å². The lowest BCUT2D eigenvalue weighted by molar-refractivity contribution is 0.0957. The van der Waals surface area contributed by atoms with E-state index in [9.17, 15) is 9.59 Å². The summed E-state index contributed by atoms with van der Waals surface area (Å²) in [6.07, 6.45) is 2.15. The molecule has 1 aliphatic heterocycles. The topological polar surface area (TPSA) is 89.5 Å². The number of nitrogens with one attached hydrogen (secondary N) is 1. The fourth-order valence-electron chi connectivity index (χ4n) is 2.49. The lowest BCUT2D eigenvalue weighted by atomic mass is 10.0. The van der Waals surface area contributed by atoms with Crippen LogP contribution < -0.4 is 11.2 Å². The van der Waals surface area contributed by atoms with Gasteiger partial charge in [-0.3, -0.25) is 9.36 Å². The van der Waals surface area contributed by atoms with Crippen LogP contribution in [0.3, 0.4) is 0 Å². The van der Waals surface area contributed by atoms with Crippen molar-refractivity contribution >= 4 is 29.1 Å².